The van der Waals surface area contributed by atoms with Crippen LogP contribution in [0, 0.1) is 17.0 Å². The summed E-state index contributed by atoms with van der Waals surface area (Å²) in [5.74, 6) is -0.676. The van der Waals surface area contributed by atoms with Crippen LogP contribution in [0.4, 0.5) is 17.1 Å². The van der Waals surface area contributed by atoms with Crippen LogP contribution in [0.3, 0.4) is 0 Å². The zero-order valence-electron chi connectivity index (χ0n) is 15.1. The topological polar surface area (TPSA) is 110 Å². The van der Waals surface area contributed by atoms with Gasteiger partial charge in [-0.15, -0.1) is 0 Å². The van der Waals surface area contributed by atoms with Crippen molar-refractivity contribution in [2.24, 2.45) is 0 Å². The number of carbonyl (C=O) groups is 1. The molecule has 1 amide bonds. The van der Waals surface area contributed by atoms with E-state index in [1.807, 2.05) is 0 Å². The van der Waals surface area contributed by atoms with E-state index in [1.54, 1.807) is 0 Å². The van der Waals surface area contributed by atoms with Crippen LogP contribution in [0.2, 0.25) is 10.0 Å². The molecule has 11 heteroatoms. The van der Waals surface area contributed by atoms with E-state index in [-0.39, 0.29) is 32.7 Å². The molecule has 0 saturated heterocycles. The molecule has 8 nitrogen and oxygen atoms in total. The van der Waals surface area contributed by atoms with Gasteiger partial charge >= 0.3 is 0 Å². The van der Waals surface area contributed by atoms with E-state index in [1.165, 1.54) is 50.2 Å². The van der Waals surface area contributed by atoms with Crippen molar-refractivity contribution in [3.63, 3.8) is 0 Å². The maximum atomic E-state index is 12.7. The maximum Gasteiger partial charge on any atom is 0.274 e. The van der Waals surface area contributed by atoms with Crippen molar-refractivity contribution < 1.29 is 18.1 Å². The number of amides is 1. The first-order chi connectivity index (χ1) is 12.9. The molecule has 0 aliphatic heterocycles. The average molecular weight is 446 g/mol. The fourth-order valence-electron chi connectivity index (χ4n) is 2.67. The number of hydrogen-bond donors (Lipinski definition) is 1. The standard InChI is InChI=1S/C17H17Cl2N3O5S/c1-10-15(5-4-6-16(10)22(24)25)20-17(23)11(2)21(28(3,26)27)14-8-12(18)7-13(19)9-14/h4-9,11H,1-3H3,(H,20,23). The molecule has 1 unspecified atom stereocenters. The van der Waals surface area contributed by atoms with Crippen molar-refractivity contribution in [3.05, 3.63) is 62.1 Å². The molecule has 28 heavy (non-hydrogen) atoms. The second-order valence-corrected chi connectivity index (χ2v) is 8.79. The van der Waals surface area contributed by atoms with Crippen LogP contribution in [0.1, 0.15) is 12.5 Å². The molecule has 2 rings (SSSR count). The highest BCUT2D eigenvalue weighted by Gasteiger charge is 2.30. The first-order valence-electron chi connectivity index (χ1n) is 7.92. The summed E-state index contributed by atoms with van der Waals surface area (Å²) in [7, 11) is -3.87. The SMILES string of the molecule is Cc1c(NC(=O)C(C)N(c2cc(Cl)cc(Cl)c2)S(C)(=O)=O)cccc1[N+](=O)[O-]. The number of benzene rings is 2. The van der Waals surface area contributed by atoms with Crippen LogP contribution in [0.25, 0.3) is 0 Å². The molecule has 0 aromatic heterocycles. The molecule has 0 heterocycles. The van der Waals surface area contributed by atoms with Gasteiger partial charge in [-0.1, -0.05) is 29.3 Å². The largest absolute Gasteiger partial charge is 0.324 e. The third-order valence-corrected chi connectivity index (χ3v) is 5.63. The summed E-state index contributed by atoms with van der Waals surface area (Å²) in [6.07, 6.45) is 0.949. The summed E-state index contributed by atoms with van der Waals surface area (Å²) in [5, 5.41) is 14.0. The smallest absolute Gasteiger partial charge is 0.274 e. The van der Waals surface area contributed by atoms with E-state index < -0.39 is 26.9 Å². The molecule has 0 aliphatic carbocycles. The first kappa shape index (κ1) is 21.9. The molecule has 2 aromatic carbocycles. The molecule has 0 aliphatic rings. The van der Waals surface area contributed by atoms with Crippen molar-refractivity contribution in [2.45, 2.75) is 19.9 Å². The van der Waals surface area contributed by atoms with Crippen molar-refractivity contribution >= 4 is 56.2 Å². The Bertz CT molecular complexity index is 1020. The maximum absolute atomic E-state index is 12.7. The second kappa shape index (κ2) is 8.34. The molecule has 1 N–H and O–H groups in total. The Balaban J connectivity index is 2.40. The quantitative estimate of drug-likeness (QED) is 0.533. The zero-order valence-corrected chi connectivity index (χ0v) is 17.5. The van der Waals surface area contributed by atoms with Gasteiger partial charge in [-0.05, 0) is 38.1 Å². The monoisotopic (exact) mass is 445 g/mol. The van der Waals surface area contributed by atoms with Gasteiger partial charge in [0, 0.05) is 16.1 Å². The zero-order chi connectivity index (χ0) is 21.2. The number of sulfonamides is 1. The van der Waals surface area contributed by atoms with E-state index >= 15 is 0 Å². The predicted molar refractivity (Wildman–Crippen MR) is 110 cm³/mol. The highest BCUT2D eigenvalue weighted by atomic mass is 35.5. The second-order valence-electron chi connectivity index (χ2n) is 6.06. The Hall–Kier alpha value is -2.36. The minimum absolute atomic E-state index is 0.124. The lowest BCUT2D eigenvalue weighted by atomic mass is 10.1. The van der Waals surface area contributed by atoms with Crippen LogP contribution in [-0.4, -0.2) is 31.5 Å². The predicted octanol–water partition coefficient (Wildman–Crippen LogP) is 4.00. The van der Waals surface area contributed by atoms with Crippen molar-refractivity contribution in [1.82, 2.24) is 0 Å². The lowest BCUT2D eigenvalue weighted by Gasteiger charge is -2.28. The van der Waals surface area contributed by atoms with Gasteiger partial charge < -0.3 is 5.32 Å². The highest BCUT2D eigenvalue weighted by Crippen LogP contribution is 2.30. The molecule has 0 saturated carbocycles. The number of nitro groups is 1. The molecule has 1 atom stereocenters. The Morgan fingerprint density at radius 1 is 1.21 bits per heavy atom. The third kappa shape index (κ3) is 4.92. The van der Waals surface area contributed by atoms with Gasteiger partial charge in [-0.2, -0.15) is 0 Å². The molecular weight excluding hydrogens is 429 g/mol. The van der Waals surface area contributed by atoms with E-state index in [9.17, 15) is 23.3 Å². The molecule has 0 fully saturated rings. The Morgan fingerprint density at radius 2 is 1.79 bits per heavy atom. The minimum Gasteiger partial charge on any atom is -0.324 e. The first-order valence-corrected chi connectivity index (χ1v) is 10.5. The van der Waals surface area contributed by atoms with Crippen LogP contribution < -0.4 is 9.62 Å². The summed E-state index contributed by atoms with van der Waals surface area (Å²) in [5.41, 5.74) is 0.429. The Morgan fingerprint density at radius 3 is 2.29 bits per heavy atom. The normalized spacial score (nSPS) is 12.3. The number of nitrogens with zero attached hydrogens (tertiary/aromatic N) is 2. The molecule has 150 valence electrons. The number of nitro benzene ring substituents is 1. The number of carbonyl (C=O) groups excluding carboxylic acids is 1. The van der Waals surface area contributed by atoms with E-state index in [4.69, 9.17) is 23.2 Å². The third-order valence-electron chi connectivity index (χ3n) is 3.95. The molecule has 2 aromatic rings. The summed E-state index contributed by atoms with van der Waals surface area (Å²) in [4.78, 5) is 23.2. The fourth-order valence-corrected chi connectivity index (χ4v) is 4.34. The lowest BCUT2D eigenvalue weighted by Crippen LogP contribution is -2.45. The van der Waals surface area contributed by atoms with Crippen LogP contribution in [0.5, 0.6) is 0 Å². The van der Waals surface area contributed by atoms with Crippen molar-refractivity contribution in [3.8, 4) is 0 Å². The van der Waals surface area contributed by atoms with Crippen LogP contribution >= 0.6 is 23.2 Å². The molecule has 0 spiro atoms. The minimum atomic E-state index is -3.87. The van der Waals surface area contributed by atoms with Crippen LogP contribution in [0.15, 0.2) is 36.4 Å². The number of hydrogen-bond acceptors (Lipinski definition) is 5. The average Bonchev–Trinajstić information content (AvgIpc) is 2.54. The fraction of sp³-hybridized carbons (Fsp3) is 0.235. The van der Waals surface area contributed by atoms with Gasteiger partial charge in [-0.25, -0.2) is 8.42 Å². The summed E-state index contributed by atoms with van der Waals surface area (Å²) >= 11 is 11.9. The van der Waals surface area contributed by atoms with Gasteiger partial charge in [-0.3, -0.25) is 19.2 Å². The Kier molecular flexibility index (Phi) is 6.53. The van der Waals surface area contributed by atoms with Gasteiger partial charge in [0.25, 0.3) is 5.69 Å². The van der Waals surface area contributed by atoms with Gasteiger partial charge in [0.1, 0.15) is 6.04 Å². The number of anilines is 2. The van der Waals surface area contributed by atoms with Gasteiger partial charge in [0.05, 0.1) is 28.1 Å². The van der Waals surface area contributed by atoms with Crippen LogP contribution in [-0.2, 0) is 14.8 Å². The number of halogens is 2. The summed E-state index contributed by atoms with van der Waals surface area (Å²) in [6, 6.07) is 7.23. The van der Waals surface area contributed by atoms with Crippen molar-refractivity contribution in [1.29, 1.82) is 0 Å². The number of rotatable bonds is 6. The van der Waals surface area contributed by atoms with E-state index in [0.29, 0.717) is 0 Å². The summed E-state index contributed by atoms with van der Waals surface area (Å²) < 4.78 is 25.5. The van der Waals surface area contributed by atoms with E-state index in [2.05, 4.69) is 5.32 Å². The summed E-state index contributed by atoms with van der Waals surface area (Å²) in [6.45, 7) is 2.88. The van der Waals surface area contributed by atoms with Crippen molar-refractivity contribution in [2.75, 3.05) is 15.9 Å². The highest BCUT2D eigenvalue weighted by molar-refractivity contribution is 7.92. The lowest BCUT2D eigenvalue weighted by molar-refractivity contribution is -0.385. The van der Waals surface area contributed by atoms with Gasteiger partial charge in [0.15, 0.2) is 0 Å². The Labute approximate surface area is 172 Å². The molecule has 0 radical (unpaired) electrons. The number of nitrogens with one attached hydrogen (secondary N) is 1. The molecular formula is C17H17Cl2N3O5S. The van der Waals surface area contributed by atoms with Gasteiger partial charge in [0.2, 0.25) is 15.9 Å². The van der Waals surface area contributed by atoms with E-state index in [0.717, 1.165) is 10.6 Å². The molecule has 0 bridgehead atoms.